The second kappa shape index (κ2) is 11.2. The number of carbonyl (C=O) groups excluding carboxylic acids is 1. The van der Waals surface area contributed by atoms with Crippen LogP contribution in [0.25, 0.3) is 22.2 Å². The van der Waals surface area contributed by atoms with Crippen LogP contribution in [0.4, 0.5) is 26.0 Å². The summed E-state index contributed by atoms with van der Waals surface area (Å²) in [6, 6.07) is 13.7. The molecule has 1 amide bonds. The van der Waals surface area contributed by atoms with E-state index in [0.29, 0.717) is 45.5 Å². The molecule has 0 spiro atoms. The Balaban J connectivity index is 1.30. The van der Waals surface area contributed by atoms with Gasteiger partial charge >= 0.3 is 0 Å². The Morgan fingerprint density at radius 3 is 2.71 bits per heavy atom. The lowest BCUT2D eigenvalue weighted by atomic mass is 10.1. The van der Waals surface area contributed by atoms with Crippen LogP contribution < -0.4 is 15.4 Å². The predicted octanol–water partition coefficient (Wildman–Crippen LogP) is 4.76. The Morgan fingerprint density at radius 2 is 1.93 bits per heavy atom. The number of fused-ring (bicyclic) bond motifs is 1. The van der Waals surface area contributed by atoms with Gasteiger partial charge in [0.2, 0.25) is 0 Å². The standard InChI is InChI=1S/C30H29F2N7O2/c1-18(31)30(40)37-27-12-23-26(13-28(27)41-21-8-10-39(16-21)20-14-38(2)15-20)34-17-35-29(23)36-19-7-9-33-25(11-19)22-5-3-4-6-24(22)32/h3-7,9,11-13,17,20-21H,1,8,10,14-16H2,2H3,(H,37,40)(H,33,34,35,36). The van der Waals surface area contributed by atoms with E-state index in [0.717, 1.165) is 32.6 Å². The van der Waals surface area contributed by atoms with Crippen LogP contribution in [-0.4, -0.2) is 76.0 Å². The molecule has 0 radical (unpaired) electrons. The minimum Gasteiger partial charge on any atom is -0.487 e. The largest absolute Gasteiger partial charge is 0.487 e. The Labute approximate surface area is 235 Å². The van der Waals surface area contributed by atoms with Gasteiger partial charge < -0.3 is 20.3 Å². The second-order valence-electron chi connectivity index (χ2n) is 10.4. The van der Waals surface area contributed by atoms with E-state index in [9.17, 15) is 13.6 Å². The minimum atomic E-state index is -1.11. The number of ether oxygens (including phenoxy) is 1. The lowest BCUT2D eigenvalue weighted by Gasteiger charge is -2.41. The molecule has 2 aliphatic rings. The first-order valence-electron chi connectivity index (χ1n) is 13.4. The number of pyridine rings is 1. The van der Waals surface area contributed by atoms with E-state index >= 15 is 0 Å². The highest BCUT2D eigenvalue weighted by Gasteiger charge is 2.35. The highest BCUT2D eigenvalue weighted by Crippen LogP contribution is 2.36. The highest BCUT2D eigenvalue weighted by atomic mass is 19.1. The van der Waals surface area contributed by atoms with E-state index in [2.05, 4.69) is 49.0 Å². The molecular formula is C30H29F2N7O2. The molecule has 6 rings (SSSR count). The molecule has 4 aromatic rings. The third-order valence-electron chi connectivity index (χ3n) is 7.44. The summed E-state index contributed by atoms with van der Waals surface area (Å²) in [4.78, 5) is 30.1. The Bertz CT molecular complexity index is 1630. The number of likely N-dealkylation sites (N-methyl/N-ethyl adjacent to an activating group) is 1. The Morgan fingerprint density at radius 1 is 1.10 bits per heavy atom. The van der Waals surface area contributed by atoms with Gasteiger partial charge in [-0.3, -0.25) is 14.7 Å². The van der Waals surface area contributed by atoms with E-state index in [-0.39, 0.29) is 17.6 Å². The van der Waals surface area contributed by atoms with Gasteiger partial charge in [0.05, 0.1) is 16.9 Å². The van der Waals surface area contributed by atoms with Crippen molar-refractivity contribution in [1.82, 2.24) is 24.8 Å². The lowest BCUT2D eigenvalue weighted by molar-refractivity contribution is -0.114. The summed E-state index contributed by atoms with van der Waals surface area (Å²) in [5.74, 6) is -1.63. The van der Waals surface area contributed by atoms with Crippen LogP contribution in [0.1, 0.15) is 6.42 Å². The Hall–Kier alpha value is -4.48. The van der Waals surface area contributed by atoms with Crippen LogP contribution in [0.2, 0.25) is 0 Å². The summed E-state index contributed by atoms with van der Waals surface area (Å²) in [6.07, 6.45) is 3.74. The number of amides is 1. The number of hydrogen-bond donors (Lipinski definition) is 2. The van der Waals surface area contributed by atoms with Crippen molar-refractivity contribution >= 4 is 34.0 Å². The van der Waals surface area contributed by atoms with Gasteiger partial charge in [-0.1, -0.05) is 18.7 Å². The monoisotopic (exact) mass is 557 g/mol. The summed E-state index contributed by atoms with van der Waals surface area (Å²) in [5, 5.41) is 6.37. The molecule has 2 fully saturated rings. The number of benzene rings is 2. The third-order valence-corrected chi connectivity index (χ3v) is 7.44. The number of halogens is 2. The molecular weight excluding hydrogens is 528 g/mol. The normalized spacial score (nSPS) is 17.8. The van der Waals surface area contributed by atoms with Gasteiger partial charge in [0.15, 0.2) is 5.83 Å². The fourth-order valence-corrected chi connectivity index (χ4v) is 5.29. The predicted molar refractivity (Wildman–Crippen MR) is 153 cm³/mol. The molecule has 1 unspecified atom stereocenters. The van der Waals surface area contributed by atoms with Crippen molar-refractivity contribution in [2.45, 2.75) is 18.6 Å². The molecule has 2 N–H and O–H groups in total. The van der Waals surface area contributed by atoms with Crippen LogP contribution in [-0.2, 0) is 4.79 Å². The van der Waals surface area contributed by atoms with Crippen molar-refractivity contribution in [1.29, 1.82) is 0 Å². The van der Waals surface area contributed by atoms with E-state index in [4.69, 9.17) is 4.74 Å². The zero-order chi connectivity index (χ0) is 28.5. The summed E-state index contributed by atoms with van der Waals surface area (Å²) < 4.78 is 34.4. The van der Waals surface area contributed by atoms with Crippen molar-refractivity contribution in [3.63, 3.8) is 0 Å². The quantitative estimate of drug-likeness (QED) is 0.300. The lowest BCUT2D eigenvalue weighted by Crippen LogP contribution is -2.57. The summed E-state index contributed by atoms with van der Waals surface area (Å²) >= 11 is 0. The number of likely N-dealkylation sites (tertiary alicyclic amines) is 2. The Kier molecular flexibility index (Phi) is 7.29. The molecule has 0 saturated carbocycles. The SMILES string of the molecule is C=C(F)C(=O)Nc1cc2c(Nc3ccnc(-c4ccccc4F)c3)ncnc2cc1OC1CCN(C2CN(C)C2)C1. The van der Waals surface area contributed by atoms with Gasteiger partial charge in [-0.2, -0.15) is 0 Å². The molecule has 41 heavy (non-hydrogen) atoms. The maximum Gasteiger partial charge on any atom is 0.283 e. The first-order valence-corrected chi connectivity index (χ1v) is 13.4. The zero-order valence-electron chi connectivity index (χ0n) is 22.5. The maximum atomic E-state index is 14.4. The first kappa shape index (κ1) is 26.7. The zero-order valence-corrected chi connectivity index (χ0v) is 22.5. The smallest absolute Gasteiger partial charge is 0.283 e. The van der Waals surface area contributed by atoms with Crippen molar-refractivity contribution < 1.29 is 18.3 Å². The number of hydrogen-bond acceptors (Lipinski definition) is 8. The van der Waals surface area contributed by atoms with Crippen LogP contribution in [0.3, 0.4) is 0 Å². The van der Waals surface area contributed by atoms with E-state index in [1.807, 2.05) is 0 Å². The van der Waals surface area contributed by atoms with Crippen molar-refractivity contribution in [3.8, 4) is 17.0 Å². The van der Waals surface area contributed by atoms with Gasteiger partial charge in [-0.25, -0.2) is 18.7 Å². The van der Waals surface area contributed by atoms with Crippen LogP contribution in [0.5, 0.6) is 5.75 Å². The van der Waals surface area contributed by atoms with Gasteiger partial charge in [0, 0.05) is 61.1 Å². The van der Waals surface area contributed by atoms with Crippen molar-refractivity contribution in [2.75, 3.05) is 43.9 Å². The summed E-state index contributed by atoms with van der Waals surface area (Å²) in [5.41, 5.74) is 2.29. The number of rotatable bonds is 8. The van der Waals surface area contributed by atoms with Gasteiger partial charge in [-0.05, 0) is 43.8 Å². The maximum absolute atomic E-state index is 14.4. The van der Waals surface area contributed by atoms with Crippen LogP contribution in [0.15, 0.2) is 73.5 Å². The fraction of sp³-hybridized carbons (Fsp3) is 0.267. The molecule has 2 aromatic heterocycles. The molecule has 2 saturated heterocycles. The summed E-state index contributed by atoms with van der Waals surface area (Å²) in [7, 11) is 2.10. The molecule has 4 heterocycles. The van der Waals surface area contributed by atoms with Crippen LogP contribution >= 0.6 is 0 Å². The van der Waals surface area contributed by atoms with Gasteiger partial charge in [-0.15, -0.1) is 0 Å². The average molecular weight is 558 g/mol. The number of nitrogens with zero attached hydrogens (tertiary/aromatic N) is 5. The highest BCUT2D eigenvalue weighted by molar-refractivity contribution is 6.05. The number of aromatic nitrogens is 3. The van der Waals surface area contributed by atoms with Gasteiger partial charge in [0.1, 0.15) is 29.8 Å². The summed E-state index contributed by atoms with van der Waals surface area (Å²) in [6.45, 7) is 6.88. The third kappa shape index (κ3) is 5.72. The number of nitrogens with one attached hydrogen (secondary N) is 2. The van der Waals surface area contributed by atoms with Crippen molar-refractivity contribution in [3.05, 3.63) is 79.3 Å². The molecule has 0 aliphatic carbocycles. The molecule has 0 bridgehead atoms. The molecule has 210 valence electrons. The molecule has 2 aliphatic heterocycles. The van der Waals surface area contributed by atoms with E-state index in [1.54, 1.807) is 48.7 Å². The number of anilines is 3. The number of carbonyl (C=O) groups is 1. The minimum absolute atomic E-state index is 0.0874. The van der Waals surface area contributed by atoms with Crippen molar-refractivity contribution in [2.24, 2.45) is 0 Å². The van der Waals surface area contributed by atoms with Crippen LogP contribution in [0, 0.1) is 5.82 Å². The molecule has 9 nitrogen and oxygen atoms in total. The van der Waals surface area contributed by atoms with Gasteiger partial charge in [0.25, 0.3) is 5.91 Å². The van der Waals surface area contributed by atoms with E-state index < -0.39 is 11.7 Å². The molecule has 1 atom stereocenters. The molecule has 2 aromatic carbocycles. The fourth-order valence-electron chi connectivity index (χ4n) is 5.29. The topological polar surface area (TPSA) is 95.5 Å². The average Bonchev–Trinajstić information content (AvgIpc) is 3.40. The first-order chi connectivity index (χ1) is 19.8. The second-order valence-corrected chi connectivity index (χ2v) is 10.4. The van der Waals surface area contributed by atoms with E-state index in [1.165, 1.54) is 12.4 Å². The molecule has 11 heteroatoms.